The number of carbonyl (C=O) groups excluding carboxylic acids is 1. The van der Waals surface area contributed by atoms with E-state index < -0.39 is 0 Å². The fourth-order valence-electron chi connectivity index (χ4n) is 4.50. The van der Waals surface area contributed by atoms with Crippen molar-refractivity contribution in [3.63, 3.8) is 0 Å². The molecule has 2 aliphatic heterocycles. The zero-order valence-corrected chi connectivity index (χ0v) is 16.0. The number of hydrogen-bond acceptors (Lipinski definition) is 3. The Morgan fingerprint density at radius 1 is 1.00 bits per heavy atom. The highest BCUT2D eigenvalue weighted by Gasteiger charge is 2.27. The summed E-state index contributed by atoms with van der Waals surface area (Å²) in [5.41, 5.74) is 2.60. The molecule has 0 bridgehead atoms. The summed E-state index contributed by atoms with van der Waals surface area (Å²) in [6.45, 7) is 5.01. The van der Waals surface area contributed by atoms with Crippen LogP contribution in [0.5, 0.6) is 0 Å². The van der Waals surface area contributed by atoms with Gasteiger partial charge < -0.3 is 4.90 Å². The third-order valence-electron chi connectivity index (χ3n) is 6.23. The highest BCUT2D eigenvalue weighted by atomic mass is 16.2. The highest BCUT2D eigenvalue weighted by molar-refractivity contribution is 5.76. The Hall–Kier alpha value is -2.14. The third-order valence-corrected chi connectivity index (χ3v) is 6.23. The van der Waals surface area contributed by atoms with Gasteiger partial charge in [-0.2, -0.15) is 5.10 Å². The molecule has 4 rings (SSSR count). The SMILES string of the molecule is O=C(CC1CCN(Cc2ccccc2)CC1)N1CCC(c2ccn[nH]2)CC1. The second-order valence-corrected chi connectivity index (χ2v) is 8.08. The van der Waals surface area contributed by atoms with Crippen molar-refractivity contribution in [2.24, 2.45) is 5.92 Å². The molecule has 0 radical (unpaired) electrons. The molecule has 0 atom stereocenters. The van der Waals surface area contributed by atoms with Crippen LogP contribution in [-0.2, 0) is 11.3 Å². The number of aromatic amines is 1. The van der Waals surface area contributed by atoms with Crippen molar-refractivity contribution in [3.05, 3.63) is 53.9 Å². The Labute approximate surface area is 161 Å². The van der Waals surface area contributed by atoms with E-state index in [9.17, 15) is 4.79 Å². The number of likely N-dealkylation sites (tertiary alicyclic amines) is 2. The molecule has 1 aromatic heterocycles. The van der Waals surface area contributed by atoms with Crippen LogP contribution in [0.3, 0.4) is 0 Å². The fraction of sp³-hybridized carbons (Fsp3) is 0.545. The average Bonchev–Trinajstić information content (AvgIpc) is 3.25. The minimum atomic E-state index is 0.361. The standard InChI is InChI=1S/C22H30N4O/c27-22(26-14-9-20(10-15-26)21-6-11-23-24-21)16-18-7-12-25(13-8-18)17-19-4-2-1-3-5-19/h1-6,11,18,20H,7-10,12-17H2,(H,23,24). The van der Waals surface area contributed by atoms with Gasteiger partial charge in [0.1, 0.15) is 0 Å². The molecule has 1 aromatic carbocycles. The molecule has 0 unspecified atom stereocenters. The van der Waals surface area contributed by atoms with Gasteiger partial charge in [-0.15, -0.1) is 0 Å². The lowest BCUT2D eigenvalue weighted by molar-refractivity contribution is -0.133. The van der Waals surface area contributed by atoms with Crippen molar-refractivity contribution >= 4 is 5.91 Å². The van der Waals surface area contributed by atoms with Crippen molar-refractivity contribution < 1.29 is 4.79 Å². The second-order valence-electron chi connectivity index (χ2n) is 8.08. The molecule has 0 spiro atoms. The van der Waals surface area contributed by atoms with Crippen molar-refractivity contribution in [1.82, 2.24) is 20.0 Å². The zero-order chi connectivity index (χ0) is 18.5. The lowest BCUT2D eigenvalue weighted by atomic mass is 9.90. The van der Waals surface area contributed by atoms with Crippen LogP contribution in [0.25, 0.3) is 0 Å². The van der Waals surface area contributed by atoms with E-state index in [1.165, 1.54) is 11.3 Å². The summed E-state index contributed by atoms with van der Waals surface area (Å²) in [5, 5.41) is 7.13. The predicted molar refractivity (Wildman–Crippen MR) is 106 cm³/mol. The highest BCUT2D eigenvalue weighted by Crippen LogP contribution is 2.28. The summed E-state index contributed by atoms with van der Waals surface area (Å²) in [5.74, 6) is 1.44. The average molecular weight is 367 g/mol. The molecule has 0 aliphatic carbocycles. The van der Waals surface area contributed by atoms with Crippen molar-refractivity contribution in [3.8, 4) is 0 Å². The smallest absolute Gasteiger partial charge is 0.222 e. The number of carbonyl (C=O) groups is 1. The van der Waals surface area contributed by atoms with E-state index in [4.69, 9.17) is 0 Å². The molecule has 5 heteroatoms. The number of nitrogens with zero attached hydrogens (tertiary/aromatic N) is 3. The van der Waals surface area contributed by atoms with Gasteiger partial charge in [0.2, 0.25) is 5.91 Å². The quantitative estimate of drug-likeness (QED) is 0.882. The topological polar surface area (TPSA) is 52.2 Å². The van der Waals surface area contributed by atoms with Crippen molar-refractivity contribution in [2.45, 2.75) is 44.6 Å². The molecule has 144 valence electrons. The first kappa shape index (κ1) is 18.2. The van der Waals surface area contributed by atoms with Gasteiger partial charge in [-0.3, -0.25) is 14.8 Å². The van der Waals surface area contributed by atoms with Crippen LogP contribution in [0.2, 0.25) is 0 Å². The summed E-state index contributed by atoms with van der Waals surface area (Å²) in [6, 6.07) is 12.7. The van der Waals surface area contributed by atoms with Gasteiger partial charge in [-0.05, 0) is 56.3 Å². The van der Waals surface area contributed by atoms with E-state index in [2.05, 4.69) is 56.4 Å². The zero-order valence-electron chi connectivity index (χ0n) is 16.0. The van der Waals surface area contributed by atoms with E-state index in [1.54, 1.807) is 0 Å². The van der Waals surface area contributed by atoms with Gasteiger partial charge in [-0.25, -0.2) is 0 Å². The number of H-pyrrole nitrogens is 1. The monoisotopic (exact) mass is 366 g/mol. The summed E-state index contributed by atoms with van der Waals surface area (Å²) < 4.78 is 0. The van der Waals surface area contributed by atoms with E-state index in [1.807, 2.05) is 6.20 Å². The first-order chi connectivity index (χ1) is 13.3. The lowest BCUT2D eigenvalue weighted by Gasteiger charge is -2.35. The van der Waals surface area contributed by atoms with E-state index >= 15 is 0 Å². The Morgan fingerprint density at radius 3 is 2.41 bits per heavy atom. The molecular formula is C22H30N4O. The number of aromatic nitrogens is 2. The van der Waals surface area contributed by atoms with E-state index in [-0.39, 0.29) is 0 Å². The summed E-state index contributed by atoms with van der Waals surface area (Å²) >= 11 is 0. The van der Waals surface area contributed by atoms with Crippen molar-refractivity contribution in [2.75, 3.05) is 26.2 Å². The molecule has 2 aliphatic rings. The summed E-state index contributed by atoms with van der Waals surface area (Å²) in [4.78, 5) is 17.3. The molecule has 0 saturated carbocycles. The van der Waals surface area contributed by atoms with Crippen LogP contribution in [0.1, 0.15) is 49.3 Å². The summed E-state index contributed by atoms with van der Waals surface area (Å²) in [6.07, 6.45) is 6.92. The van der Waals surface area contributed by atoms with Gasteiger partial charge >= 0.3 is 0 Å². The minimum absolute atomic E-state index is 0.361. The molecule has 2 saturated heterocycles. The molecule has 27 heavy (non-hydrogen) atoms. The minimum Gasteiger partial charge on any atom is -0.343 e. The van der Waals surface area contributed by atoms with Crippen LogP contribution >= 0.6 is 0 Å². The molecule has 3 heterocycles. The predicted octanol–water partition coefficient (Wildman–Crippen LogP) is 3.42. The van der Waals surface area contributed by atoms with E-state index in [0.717, 1.165) is 64.8 Å². The van der Waals surface area contributed by atoms with Crippen LogP contribution in [0.4, 0.5) is 0 Å². The maximum atomic E-state index is 12.7. The number of rotatable bonds is 5. The van der Waals surface area contributed by atoms with Gasteiger partial charge in [0.05, 0.1) is 0 Å². The van der Waals surface area contributed by atoms with Crippen LogP contribution in [-0.4, -0.2) is 52.1 Å². The Morgan fingerprint density at radius 2 is 1.74 bits per heavy atom. The number of piperidine rings is 2. The van der Waals surface area contributed by atoms with Crippen LogP contribution < -0.4 is 0 Å². The van der Waals surface area contributed by atoms with Crippen LogP contribution in [0, 0.1) is 5.92 Å². The van der Waals surface area contributed by atoms with Gasteiger partial charge in [0, 0.05) is 43.9 Å². The Bertz CT molecular complexity index is 699. The summed E-state index contributed by atoms with van der Waals surface area (Å²) in [7, 11) is 0. The maximum Gasteiger partial charge on any atom is 0.222 e. The number of benzene rings is 1. The molecular weight excluding hydrogens is 336 g/mol. The first-order valence-electron chi connectivity index (χ1n) is 10.3. The lowest BCUT2D eigenvalue weighted by Crippen LogP contribution is -2.40. The van der Waals surface area contributed by atoms with Gasteiger partial charge in [0.25, 0.3) is 0 Å². The largest absolute Gasteiger partial charge is 0.343 e. The van der Waals surface area contributed by atoms with Gasteiger partial charge in [0.15, 0.2) is 0 Å². The first-order valence-corrected chi connectivity index (χ1v) is 10.3. The van der Waals surface area contributed by atoms with Crippen molar-refractivity contribution in [1.29, 1.82) is 0 Å². The number of hydrogen-bond donors (Lipinski definition) is 1. The fourth-order valence-corrected chi connectivity index (χ4v) is 4.50. The molecule has 1 amide bonds. The Balaban J connectivity index is 1.19. The Kier molecular flexibility index (Phi) is 5.87. The third kappa shape index (κ3) is 4.78. The van der Waals surface area contributed by atoms with Crippen LogP contribution in [0.15, 0.2) is 42.6 Å². The molecule has 2 fully saturated rings. The number of amides is 1. The van der Waals surface area contributed by atoms with E-state index in [0.29, 0.717) is 17.7 Å². The molecule has 1 N–H and O–H groups in total. The maximum absolute atomic E-state index is 12.7. The van der Waals surface area contributed by atoms with Gasteiger partial charge in [-0.1, -0.05) is 30.3 Å². The second kappa shape index (κ2) is 8.70. The molecule has 5 nitrogen and oxygen atoms in total. The number of nitrogens with one attached hydrogen (secondary N) is 1. The molecule has 2 aromatic rings. The normalized spacial score (nSPS) is 20.1.